The fourth-order valence-corrected chi connectivity index (χ4v) is 3.32. The number of hydrogen-bond donors (Lipinski definition) is 0. The van der Waals surface area contributed by atoms with Gasteiger partial charge in [-0.2, -0.15) is 0 Å². The molecule has 0 fully saturated rings. The van der Waals surface area contributed by atoms with E-state index in [-0.39, 0.29) is 16.2 Å². The summed E-state index contributed by atoms with van der Waals surface area (Å²) in [6.07, 6.45) is 6.57. The minimum absolute atomic E-state index is 0.0501. The van der Waals surface area contributed by atoms with E-state index in [1.54, 1.807) is 0 Å². The lowest BCUT2D eigenvalue weighted by Gasteiger charge is -2.35. The molecule has 1 aliphatic rings. The molecule has 114 valence electrons. The maximum Gasteiger partial charge on any atom is 0.0670 e. The van der Waals surface area contributed by atoms with E-state index < -0.39 is 0 Å². The van der Waals surface area contributed by atoms with E-state index in [4.69, 9.17) is 4.98 Å². The van der Waals surface area contributed by atoms with Crippen molar-refractivity contribution in [2.45, 2.75) is 60.8 Å². The molecule has 1 aromatic rings. The van der Waals surface area contributed by atoms with Crippen molar-refractivity contribution in [1.82, 2.24) is 4.98 Å². The predicted molar refractivity (Wildman–Crippen MR) is 92.2 cm³/mol. The van der Waals surface area contributed by atoms with Crippen LogP contribution >= 0.6 is 0 Å². The fourth-order valence-electron chi connectivity index (χ4n) is 3.32. The van der Waals surface area contributed by atoms with Gasteiger partial charge >= 0.3 is 0 Å². The molecule has 1 aliphatic carbocycles. The molecule has 2 rings (SSSR count). The molecule has 1 heterocycles. The third-order valence-corrected chi connectivity index (χ3v) is 4.48. The summed E-state index contributed by atoms with van der Waals surface area (Å²) in [5.41, 5.74) is 5.58. The summed E-state index contributed by atoms with van der Waals surface area (Å²) in [6.45, 7) is 18.1. The molecule has 1 aromatic heterocycles. The molecule has 0 N–H and O–H groups in total. The van der Waals surface area contributed by atoms with E-state index >= 15 is 0 Å². The van der Waals surface area contributed by atoms with Gasteiger partial charge in [-0.15, -0.1) is 0 Å². The van der Waals surface area contributed by atoms with Gasteiger partial charge in [-0.25, -0.2) is 0 Å². The normalized spacial score (nSPS) is 18.5. The minimum Gasteiger partial charge on any atom is -0.256 e. The van der Waals surface area contributed by atoms with Crippen LogP contribution in [0.4, 0.5) is 0 Å². The zero-order valence-corrected chi connectivity index (χ0v) is 14.8. The molecule has 0 bridgehead atoms. The molecule has 1 nitrogen and oxygen atoms in total. The molecule has 0 atom stereocenters. The first-order chi connectivity index (χ1) is 9.44. The lowest BCUT2D eigenvalue weighted by atomic mass is 9.69. The Morgan fingerprint density at radius 1 is 0.857 bits per heavy atom. The Kier molecular flexibility index (Phi) is 3.68. The zero-order chi connectivity index (χ0) is 16.1. The highest BCUT2D eigenvalue weighted by molar-refractivity contribution is 5.76. The number of nitrogens with zero attached hydrogens (tertiary/aromatic N) is 1. The van der Waals surface area contributed by atoms with Crippen LogP contribution in [0.2, 0.25) is 0 Å². The van der Waals surface area contributed by atoms with Crippen molar-refractivity contribution in [3.63, 3.8) is 0 Å². The van der Waals surface area contributed by atoms with E-state index in [1.165, 1.54) is 16.7 Å². The Bertz CT molecular complexity index is 584. The highest BCUT2D eigenvalue weighted by Crippen LogP contribution is 2.51. The van der Waals surface area contributed by atoms with Crippen LogP contribution in [-0.2, 0) is 5.41 Å². The summed E-state index contributed by atoms with van der Waals surface area (Å²) < 4.78 is 0. The molecule has 0 amide bonds. The Morgan fingerprint density at radius 2 is 1.48 bits per heavy atom. The number of hydrogen-bond acceptors (Lipinski definition) is 1. The molecule has 0 saturated carbocycles. The topological polar surface area (TPSA) is 12.9 Å². The minimum atomic E-state index is 0.0501. The first-order valence-corrected chi connectivity index (χ1v) is 7.84. The number of aromatic nitrogens is 1. The monoisotopic (exact) mass is 283 g/mol. The third-order valence-electron chi connectivity index (χ3n) is 4.48. The zero-order valence-electron chi connectivity index (χ0n) is 14.8. The lowest BCUT2D eigenvalue weighted by Crippen LogP contribution is -2.24. The van der Waals surface area contributed by atoms with Crippen molar-refractivity contribution in [2.24, 2.45) is 10.8 Å². The highest BCUT2D eigenvalue weighted by Gasteiger charge is 2.38. The third kappa shape index (κ3) is 2.97. The molecule has 0 saturated heterocycles. The average Bonchev–Trinajstić information content (AvgIpc) is 2.63. The van der Waals surface area contributed by atoms with Gasteiger partial charge < -0.3 is 0 Å². The van der Waals surface area contributed by atoms with Crippen molar-refractivity contribution in [3.8, 4) is 0 Å². The number of rotatable bonds is 1. The van der Waals surface area contributed by atoms with Crippen molar-refractivity contribution in [1.29, 1.82) is 0 Å². The molecule has 21 heavy (non-hydrogen) atoms. The summed E-state index contributed by atoms with van der Waals surface area (Å²) in [6, 6.07) is 4.39. The summed E-state index contributed by atoms with van der Waals surface area (Å²) in [5.74, 6) is 0. The van der Waals surface area contributed by atoms with Gasteiger partial charge in [0.15, 0.2) is 0 Å². The summed E-state index contributed by atoms with van der Waals surface area (Å²) in [5, 5.41) is 0. The van der Waals surface area contributed by atoms with Gasteiger partial charge in [-0.05, 0) is 28.0 Å². The van der Waals surface area contributed by atoms with Gasteiger partial charge in [-0.1, -0.05) is 79.2 Å². The van der Waals surface area contributed by atoms with Gasteiger partial charge in [0.25, 0.3) is 0 Å². The van der Waals surface area contributed by atoms with Crippen molar-refractivity contribution in [2.75, 3.05) is 0 Å². The Balaban J connectivity index is 2.34. The SMILES string of the molecule is CC(C)(C)C1=CC=C(c2ccc(C(C)(C)C)cn2)C1(C)C. The maximum absolute atomic E-state index is 4.74. The molecular weight excluding hydrogens is 254 g/mol. The van der Waals surface area contributed by atoms with Crippen LogP contribution in [0, 0.1) is 10.8 Å². The second kappa shape index (κ2) is 4.83. The highest BCUT2D eigenvalue weighted by atomic mass is 14.7. The van der Waals surface area contributed by atoms with E-state index in [9.17, 15) is 0 Å². The quantitative estimate of drug-likeness (QED) is 0.637. The van der Waals surface area contributed by atoms with Crippen LogP contribution < -0.4 is 0 Å². The van der Waals surface area contributed by atoms with Crippen molar-refractivity contribution >= 4 is 5.57 Å². The molecular formula is C20H29N. The Morgan fingerprint density at radius 3 is 1.86 bits per heavy atom. The summed E-state index contributed by atoms with van der Waals surface area (Å²) >= 11 is 0. The Labute approximate surface area is 130 Å². The van der Waals surface area contributed by atoms with Gasteiger partial charge in [0, 0.05) is 11.6 Å². The molecule has 0 aliphatic heterocycles. The average molecular weight is 283 g/mol. The molecule has 0 radical (unpaired) electrons. The Hall–Kier alpha value is -1.37. The van der Waals surface area contributed by atoms with Crippen molar-refractivity contribution < 1.29 is 0 Å². The fraction of sp³-hybridized carbons (Fsp3) is 0.550. The van der Waals surface area contributed by atoms with Gasteiger partial charge in [-0.3, -0.25) is 4.98 Å². The second-order valence-electron chi connectivity index (χ2n) is 8.72. The van der Waals surface area contributed by atoms with Crippen LogP contribution in [0.15, 0.2) is 36.1 Å². The van der Waals surface area contributed by atoms with Crippen LogP contribution in [0.5, 0.6) is 0 Å². The predicted octanol–water partition coefficient (Wildman–Crippen LogP) is 5.77. The van der Waals surface area contributed by atoms with E-state index in [0.29, 0.717) is 0 Å². The first-order valence-electron chi connectivity index (χ1n) is 7.84. The lowest BCUT2D eigenvalue weighted by molar-refractivity contribution is 0.407. The summed E-state index contributed by atoms with van der Waals surface area (Å²) in [4.78, 5) is 4.74. The number of pyridine rings is 1. The standard InChI is InChI=1S/C20H29N/c1-18(2,3)14-9-11-16(21-13-14)15-10-12-17(19(4,5)6)20(15,7)8/h9-13H,1-8H3. The van der Waals surface area contributed by atoms with E-state index in [1.807, 2.05) is 6.20 Å². The largest absolute Gasteiger partial charge is 0.256 e. The van der Waals surface area contributed by atoms with E-state index in [2.05, 4.69) is 79.7 Å². The smallest absolute Gasteiger partial charge is 0.0670 e. The molecule has 0 unspecified atom stereocenters. The van der Waals surface area contributed by atoms with Crippen LogP contribution in [0.25, 0.3) is 5.57 Å². The summed E-state index contributed by atoms with van der Waals surface area (Å²) in [7, 11) is 0. The number of allylic oxidation sites excluding steroid dienone is 4. The molecule has 1 heteroatoms. The van der Waals surface area contributed by atoms with Crippen LogP contribution in [0.1, 0.15) is 66.6 Å². The van der Waals surface area contributed by atoms with Crippen molar-refractivity contribution in [3.05, 3.63) is 47.3 Å². The van der Waals surface area contributed by atoms with Crippen LogP contribution in [-0.4, -0.2) is 4.98 Å². The van der Waals surface area contributed by atoms with Gasteiger partial charge in [0.1, 0.15) is 0 Å². The van der Waals surface area contributed by atoms with Gasteiger partial charge in [0.2, 0.25) is 0 Å². The molecule has 0 spiro atoms. The second-order valence-corrected chi connectivity index (χ2v) is 8.72. The maximum atomic E-state index is 4.74. The van der Waals surface area contributed by atoms with Gasteiger partial charge in [0.05, 0.1) is 5.69 Å². The first kappa shape index (κ1) is 16.0. The molecule has 0 aromatic carbocycles. The van der Waals surface area contributed by atoms with Crippen LogP contribution in [0.3, 0.4) is 0 Å². The van der Waals surface area contributed by atoms with E-state index in [0.717, 1.165) is 5.69 Å².